The number of hydrogen-bond acceptors (Lipinski definition) is 3. The van der Waals surface area contributed by atoms with E-state index in [9.17, 15) is 4.79 Å². The summed E-state index contributed by atoms with van der Waals surface area (Å²) in [6.07, 6.45) is 1.71. The molecule has 2 unspecified atom stereocenters. The number of nitrogens with two attached hydrogens (primary N) is 1. The third-order valence-electron chi connectivity index (χ3n) is 2.97. The number of carbonyl (C=O) groups excluding carboxylic acids is 1. The van der Waals surface area contributed by atoms with Crippen molar-refractivity contribution in [3.8, 4) is 0 Å². The van der Waals surface area contributed by atoms with E-state index in [4.69, 9.17) is 10.5 Å². The van der Waals surface area contributed by atoms with Crippen molar-refractivity contribution < 1.29 is 9.53 Å². The number of ether oxygens (including phenoxy) is 1. The van der Waals surface area contributed by atoms with Gasteiger partial charge >= 0.3 is 0 Å². The van der Waals surface area contributed by atoms with Gasteiger partial charge in [0.25, 0.3) is 0 Å². The van der Waals surface area contributed by atoms with Crippen LogP contribution in [0, 0.1) is 0 Å². The Morgan fingerprint density at radius 2 is 2.35 bits per heavy atom. The van der Waals surface area contributed by atoms with Gasteiger partial charge in [-0.15, -0.1) is 0 Å². The second-order valence-corrected chi connectivity index (χ2v) is 4.45. The predicted molar refractivity (Wildman–Crippen MR) is 66.4 cm³/mol. The Kier molecular flexibility index (Phi) is 3.64. The molecule has 0 saturated carbocycles. The largest absolute Gasteiger partial charge is 0.399 e. The van der Waals surface area contributed by atoms with Crippen molar-refractivity contribution in [3.63, 3.8) is 0 Å². The highest BCUT2D eigenvalue weighted by molar-refractivity contribution is 5.73. The Bertz CT molecular complexity index is 406. The van der Waals surface area contributed by atoms with Crippen LogP contribution in [0.15, 0.2) is 24.3 Å². The molecule has 1 aliphatic rings. The Hall–Kier alpha value is -1.55. The summed E-state index contributed by atoms with van der Waals surface area (Å²) in [6, 6.07) is 7.93. The van der Waals surface area contributed by atoms with Crippen LogP contribution in [0.3, 0.4) is 0 Å². The van der Waals surface area contributed by atoms with Gasteiger partial charge in [0, 0.05) is 25.3 Å². The highest BCUT2D eigenvalue weighted by Crippen LogP contribution is 2.28. The Morgan fingerprint density at radius 1 is 1.53 bits per heavy atom. The Labute approximate surface area is 101 Å². The van der Waals surface area contributed by atoms with Gasteiger partial charge in [0.1, 0.15) is 0 Å². The summed E-state index contributed by atoms with van der Waals surface area (Å²) in [5, 5.41) is 2.95. The molecule has 2 atom stereocenters. The topological polar surface area (TPSA) is 64.3 Å². The molecule has 1 saturated heterocycles. The van der Waals surface area contributed by atoms with Crippen LogP contribution in [-0.2, 0) is 9.53 Å². The van der Waals surface area contributed by atoms with Crippen LogP contribution < -0.4 is 11.1 Å². The van der Waals surface area contributed by atoms with Crippen LogP contribution in [-0.4, -0.2) is 18.6 Å². The van der Waals surface area contributed by atoms with Crippen molar-refractivity contribution in [2.45, 2.75) is 31.9 Å². The first kappa shape index (κ1) is 11.9. The molecular formula is C13H18N2O2. The van der Waals surface area contributed by atoms with Crippen molar-refractivity contribution in [3.05, 3.63) is 29.8 Å². The molecule has 92 valence electrons. The van der Waals surface area contributed by atoms with Gasteiger partial charge in [0.15, 0.2) is 0 Å². The van der Waals surface area contributed by atoms with Crippen molar-refractivity contribution in [2.24, 2.45) is 0 Å². The molecule has 3 N–H and O–H groups in total. The van der Waals surface area contributed by atoms with Gasteiger partial charge in [-0.2, -0.15) is 0 Å². The van der Waals surface area contributed by atoms with Crippen molar-refractivity contribution >= 4 is 11.6 Å². The second kappa shape index (κ2) is 5.19. The summed E-state index contributed by atoms with van der Waals surface area (Å²) in [5.74, 6) is 0.0169. The fraction of sp³-hybridized carbons (Fsp3) is 0.462. The quantitative estimate of drug-likeness (QED) is 0.764. The first-order valence-corrected chi connectivity index (χ1v) is 5.89. The minimum atomic E-state index is 0.0169. The van der Waals surface area contributed by atoms with Gasteiger partial charge in [0.2, 0.25) is 5.91 Å². The number of carbonyl (C=O) groups is 1. The lowest BCUT2D eigenvalue weighted by atomic mass is 9.97. The molecule has 2 rings (SSSR count). The molecule has 1 aromatic carbocycles. The van der Waals surface area contributed by atoms with Gasteiger partial charge < -0.3 is 15.8 Å². The van der Waals surface area contributed by atoms with Gasteiger partial charge in [-0.1, -0.05) is 12.1 Å². The number of amides is 1. The van der Waals surface area contributed by atoms with Crippen molar-refractivity contribution in [1.82, 2.24) is 5.32 Å². The zero-order valence-corrected chi connectivity index (χ0v) is 9.98. The van der Waals surface area contributed by atoms with E-state index in [2.05, 4.69) is 5.32 Å². The van der Waals surface area contributed by atoms with Crippen LogP contribution in [0.5, 0.6) is 0 Å². The summed E-state index contributed by atoms with van der Waals surface area (Å²) in [7, 11) is 0. The molecule has 1 aliphatic heterocycles. The summed E-state index contributed by atoms with van der Waals surface area (Å²) < 4.78 is 5.72. The van der Waals surface area contributed by atoms with Gasteiger partial charge in [-0.25, -0.2) is 0 Å². The van der Waals surface area contributed by atoms with Crippen molar-refractivity contribution in [1.29, 1.82) is 0 Å². The number of hydrogen-bond donors (Lipinski definition) is 2. The lowest BCUT2D eigenvalue weighted by molar-refractivity contribution is -0.120. The second-order valence-electron chi connectivity index (χ2n) is 4.45. The maximum atomic E-state index is 11.0. The Morgan fingerprint density at radius 3 is 3.06 bits per heavy atom. The van der Waals surface area contributed by atoms with Crippen LogP contribution in [0.25, 0.3) is 0 Å². The average molecular weight is 234 g/mol. The number of anilines is 1. The van der Waals surface area contributed by atoms with E-state index in [0.717, 1.165) is 24.1 Å². The molecule has 0 spiro atoms. The van der Waals surface area contributed by atoms with E-state index >= 15 is 0 Å². The number of rotatable bonds is 2. The highest BCUT2D eigenvalue weighted by Gasteiger charge is 2.24. The smallest absolute Gasteiger partial charge is 0.217 e. The van der Waals surface area contributed by atoms with Crippen LogP contribution in [0.2, 0.25) is 0 Å². The number of nitrogens with one attached hydrogen (secondary N) is 1. The lowest BCUT2D eigenvalue weighted by Gasteiger charge is -2.30. The first-order chi connectivity index (χ1) is 8.15. The molecular weight excluding hydrogens is 216 g/mol. The zero-order valence-electron chi connectivity index (χ0n) is 9.98. The minimum absolute atomic E-state index is 0.0169. The molecule has 4 heteroatoms. The number of benzene rings is 1. The molecule has 0 radical (unpaired) electrons. The highest BCUT2D eigenvalue weighted by atomic mass is 16.5. The fourth-order valence-electron chi connectivity index (χ4n) is 2.21. The molecule has 1 heterocycles. The molecule has 1 amide bonds. The van der Waals surface area contributed by atoms with Crippen LogP contribution in [0.1, 0.15) is 31.4 Å². The molecule has 1 aromatic rings. The minimum Gasteiger partial charge on any atom is -0.399 e. The monoisotopic (exact) mass is 234 g/mol. The lowest BCUT2D eigenvalue weighted by Crippen LogP contribution is -2.38. The van der Waals surface area contributed by atoms with E-state index in [1.165, 1.54) is 0 Å². The van der Waals surface area contributed by atoms with Crippen LogP contribution in [0.4, 0.5) is 5.69 Å². The molecule has 4 nitrogen and oxygen atoms in total. The fourth-order valence-corrected chi connectivity index (χ4v) is 2.21. The van der Waals surface area contributed by atoms with E-state index in [0.29, 0.717) is 6.61 Å². The Balaban J connectivity index is 2.04. The summed E-state index contributed by atoms with van der Waals surface area (Å²) in [5.41, 5.74) is 7.58. The third-order valence-corrected chi connectivity index (χ3v) is 2.97. The zero-order chi connectivity index (χ0) is 12.3. The molecule has 0 aromatic heterocycles. The third kappa shape index (κ3) is 3.20. The van der Waals surface area contributed by atoms with Gasteiger partial charge in [0.05, 0.1) is 6.10 Å². The van der Waals surface area contributed by atoms with Gasteiger partial charge in [-0.3, -0.25) is 4.79 Å². The van der Waals surface area contributed by atoms with Crippen LogP contribution >= 0.6 is 0 Å². The van der Waals surface area contributed by atoms with E-state index in [1.54, 1.807) is 6.92 Å². The van der Waals surface area contributed by atoms with E-state index < -0.39 is 0 Å². The molecule has 1 fully saturated rings. The standard InChI is InChI=1S/C13H18N2O2/c1-9(16)15-12-5-6-17-13(8-12)10-3-2-4-11(14)7-10/h2-4,7,12-13H,5-6,8,14H2,1H3,(H,15,16). The normalized spacial score (nSPS) is 24.3. The number of nitrogen functional groups attached to an aromatic ring is 1. The molecule has 17 heavy (non-hydrogen) atoms. The molecule has 0 bridgehead atoms. The van der Waals surface area contributed by atoms with E-state index in [-0.39, 0.29) is 18.1 Å². The first-order valence-electron chi connectivity index (χ1n) is 5.89. The molecule has 0 aliphatic carbocycles. The van der Waals surface area contributed by atoms with Gasteiger partial charge in [-0.05, 0) is 30.5 Å². The van der Waals surface area contributed by atoms with Crippen molar-refractivity contribution in [2.75, 3.05) is 12.3 Å². The maximum Gasteiger partial charge on any atom is 0.217 e. The predicted octanol–water partition coefficient (Wildman–Crippen LogP) is 1.63. The summed E-state index contributed by atoms with van der Waals surface area (Å²) >= 11 is 0. The summed E-state index contributed by atoms with van der Waals surface area (Å²) in [6.45, 7) is 2.22. The maximum absolute atomic E-state index is 11.0. The van der Waals surface area contributed by atoms with E-state index in [1.807, 2.05) is 24.3 Å². The average Bonchev–Trinajstić information content (AvgIpc) is 2.28. The summed E-state index contributed by atoms with van der Waals surface area (Å²) in [4.78, 5) is 11.0. The SMILES string of the molecule is CC(=O)NC1CCOC(c2cccc(N)c2)C1.